The zero-order chi connectivity index (χ0) is 21.1. The number of carbonyl (C=O) groups excluding carboxylic acids is 2. The van der Waals surface area contributed by atoms with Gasteiger partial charge in [0.2, 0.25) is 5.91 Å². The normalized spacial score (nSPS) is 18.6. The Hall–Kier alpha value is -2.31. The summed E-state index contributed by atoms with van der Waals surface area (Å²) in [6, 6.07) is 16.2. The summed E-state index contributed by atoms with van der Waals surface area (Å²) in [6.45, 7) is 2.29. The Morgan fingerprint density at radius 1 is 1.07 bits per heavy atom. The monoisotopic (exact) mass is 423 g/mol. The number of likely N-dealkylation sites (tertiary alicyclic amines) is 1. The van der Waals surface area contributed by atoms with Gasteiger partial charge < -0.3 is 14.7 Å². The van der Waals surface area contributed by atoms with Gasteiger partial charge in [0.05, 0.1) is 11.3 Å². The minimum absolute atomic E-state index is 0.0728. The Morgan fingerprint density at radius 3 is 2.67 bits per heavy atom. The van der Waals surface area contributed by atoms with Crippen LogP contribution in [0, 0.1) is 0 Å². The second-order valence-corrected chi connectivity index (χ2v) is 9.24. The summed E-state index contributed by atoms with van der Waals surface area (Å²) in [4.78, 5) is 33.1. The number of anilines is 1. The molecule has 2 heterocycles. The third-order valence-electron chi connectivity index (χ3n) is 6.07. The van der Waals surface area contributed by atoms with E-state index < -0.39 is 0 Å². The molecular weight excluding hydrogens is 394 g/mol. The molecule has 5 nitrogen and oxygen atoms in total. The lowest BCUT2D eigenvalue weighted by atomic mass is 10.0. The van der Waals surface area contributed by atoms with Gasteiger partial charge in [-0.1, -0.05) is 30.3 Å². The van der Waals surface area contributed by atoms with Gasteiger partial charge in [-0.2, -0.15) is 0 Å². The van der Waals surface area contributed by atoms with E-state index in [0.717, 1.165) is 49.5 Å². The molecule has 1 atom stereocenters. The number of amides is 2. The maximum atomic E-state index is 13.3. The van der Waals surface area contributed by atoms with Crippen LogP contribution in [0.2, 0.25) is 0 Å². The van der Waals surface area contributed by atoms with Crippen LogP contribution >= 0.6 is 11.8 Å². The van der Waals surface area contributed by atoms with Gasteiger partial charge >= 0.3 is 0 Å². The molecule has 30 heavy (non-hydrogen) atoms. The molecule has 2 aromatic rings. The van der Waals surface area contributed by atoms with Crippen molar-refractivity contribution in [2.75, 3.05) is 44.4 Å². The number of hydrogen-bond acceptors (Lipinski definition) is 4. The molecule has 158 valence electrons. The predicted octanol–water partition coefficient (Wildman–Crippen LogP) is 3.53. The Morgan fingerprint density at radius 2 is 1.83 bits per heavy atom. The third-order valence-corrected chi connectivity index (χ3v) is 7.13. The van der Waals surface area contributed by atoms with Crippen LogP contribution < -0.4 is 4.90 Å². The van der Waals surface area contributed by atoms with Crippen molar-refractivity contribution < 1.29 is 9.59 Å². The summed E-state index contributed by atoms with van der Waals surface area (Å²) in [7, 11) is 4.15. The summed E-state index contributed by atoms with van der Waals surface area (Å²) in [5.74, 6) is 0.500. The lowest BCUT2D eigenvalue weighted by molar-refractivity contribution is -0.116. The molecule has 2 amide bonds. The van der Waals surface area contributed by atoms with Gasteiger partial charge in [0.1, 0.15) is 0 Å². The highest BCUT2D eigenvalue weighted by Gasteiger charge is 2.28. The number of benzene rings is 2. The molecule has 1 unspecified atom stereocenters. The summed E-state index contributed by atoms with van der Waals surface area (Å²) in [6.07, 6.45) is 3.05. The van der Waals surface area contributed by atoms with E-state index in [4.69, 9.17) is 0 Å². The first-order valence-corrected chi connectivity index (χ1v) is 11.6. The molecule has 0 bridgehead atoms. The van der Waals surface area contributed by atoms with Crippen LogP contribution in [0.4, 0.5) is 5.69 Å². The number of carbonyl (C=O) groups is 2. The fourth-order valence-corrected chi connectivity index (χ4v) is 5.24. The Bertz CT molecular complexity index is 930. The number of fused-ring (bicyclic) bond motifs is 1. The molecule has 0 aromatic heterocycles. The molecule has 0 N–H and O–H groups in total. The van der Waals surface area contributed by atoms with Crippen LogP contribution in [0.1, 0.15) is 28.8 Å². The van der Waals surface area contributed by atoms with E-state index in [-0.39, 0.29) is 11.8 Å². The van der Waals surface area contributed by atoms with Crippen molar-refractivity contribution in [3.05, 3.63) is 59.7 Å². The SMILES string of the molecule is CN(C)C1CCCN(C(=O)c2ccccc2SCC(=O)N2CCc3ccccc32)C1. The van der Waals surface area contributed by atoms with Crippen LogP contribution in [-0.2, 0) is 11.2 Å². The number of rotatable bonds is 5. The second-order valence-electron chi connectivity index (χ2n) is 8.22. The fourth-order valence-electron chi connectivity index (χ4n) is 4.31. The molecule has 1 saturated heterocycles. The number of likely N-dealkylation sites (N-methyl/N-ethyl adjacent to an activating group) is 1. The fraction of sp³-hybridized carbons (Fsp3) is 0.417. The van der Waals surface area contributed by atoms with E-state index >= 15 is 0 Å². The topological polar surface area (TPSA) is 43.9 Å². The first-order valence-electron chi connectivity index (χ1n) is 10.6. The molecule has 0 radical (unpaired) electrons. The average molecular weight is 424 g/mol. The van der Waals surface area contributed by atoms with E-state index in [1.165, 1.54) is 17.3 Å². The maximum absolute atomic E-state index is 13.3. The number of hydrogen-bond donors (Lipinski definition) is 0. The third kappa shape index (κ3) is 4.40. The molecule has 1 fully saturated rings. The molecule has 0 spiro atoms. The Kier molecular flexibility index (Phi) is 6.44. The van der Waals surface area contributed by atoms with Gasteiger partial charge in [-0.15, -0.1) is 11.8 Å². The van der Waals surface area contributed by atoms with Gasteiger partial charge in [-0.3, -0.25) is 9.59 Å². The summed E-state index contributed by atoms with van der Waals surface area (Å²) >= 11 is 1.47. The summed E-state index contributed by atoms with van der Waals surface area (Å²) in [5.41, 5.74) is 2.96. The van der Waals surface area contributed by atoms with Gasteiger partial charge in [0.15, 0.2) is 0 Å². The van der Waals surface area contributed by atoms with E-state index in [9.17, 15) is 9.59 Å². The minimum Gasteiger partial charge on any atom is -0.337 e. The Labute approximate surface area is 183 Å². The lowest BCUT2D eigenvalue weighted by Gasteiger charge is -2.36. The summed E-state index contributed by atoms with van der Waals surface area (Å²) in [5, 5.41) is 0. The van der Waals surface area contributed by atoms with Gasteiger partial charge in [-0.05, 0) is 57.1 Å². The van der Waals surface area contributed by atoms with Crippen molar-refractivity contribution in [3.63, 3.8) is 0 Å². The molecule has 2 aliphatic rings. The molecule has 4 rings (SSSR count). The highest BCUT2D eigenvalue weighted by Crippen LogP contribution is 2.30. The van der Waals surface area contributed by atoms with Crippen molar-refractivity contribution >= 4 is 29.3 Å². The molecule has 0 aliphatic carbocycles. The number of piperidine rings is 1. The van der Waals surface area contributed by atoms with E-state index in [1.807, 2.05) is 52.3 Å². The van der Waals surface area contributed by atoms with Crippen LogP contribution in [-0.4, -0.2) is 67.1 Å². The summed E-state index contributed by atoms with van der Waals surface area (Å²) < 4.78 is 0. The van der Waals surface area contributed by atoms with Gasteiger partial charge in [-0.25, -0.2) is 0 Å². The van der Waals surface area contributed by atoms with E-state index in [1.54, 1.807) is 0 Å². The average Bonchev–Trinajstić information content (AvgIpc) is 3.21. The van der Waals surface area contributed by atoms with Crippen molar-refractivity contribution in [1.82, 2.24) is 9.80 Å². The molecule has 2 aromatic carbocycles. The van der Waals surface area contributed by atoms with Crippen molar-refractivity contribution in [2.45, 2.75) is 30.2 Å². The molecule has 0 saturated carbocycles. The quantitative estimate of drug-likeness (QED) is 0.690. The van der Waals surface area contributed by atoms with Crippen molar-refractivity contribution in [1.29, 1.82) is 0 Å². The van der Waals surface area contributed by atoms with Gasteiger partial charge in [0, 0.05) is 36.3 Å². The molecule has 2 aliphatic heterocycles. The zero-order valence-electron chi connectivity index (χ0n) is 17.7. The van der Waals surface area contributed by atoms with Crippen molar-refractivity contribution in [3.8, 4) is 0 Å². The van der Waals surface area contributed by atoms with Crippen LogP contribution in [0.25, 0.3) is 0 Å². The van der Waals surface area contributed by atoms with Crippen molar-refractivity contribution in [2.24, 2.45) is 0 Å². The number of nitrogens with zero attached hydrogens (tertiary/aromatic N) is 3. The predicted molar refractivity (Wildman–Crippen MR) is 122 cm³/mol. The van der Waals surface area contributed by atoms with Gasteiger partial charge in [0.25, 0.3) is 5.91 Å². The second kappa shape index (κ2) is 9.23. The standard InChI is InChI=1S/C24H29N3O2S/c1-25(2)19-9-7-14-26(16-19)24(29)20-10-4-6-12-22(20)30-17-23(28)27-15-13-18-8-3-5-11-21(18)27/h3-6,8,10-12,19H,7,9,13-17H2,1-2H3. The Balaban J connectivity index is 1.44. The first kappa shape index (κ1) is 20.9. The van der Waals surface area contributed by atoms with Crippen LogP contribution in [0.3, 0.4) is 0 Å². The van der Waals surface area contributed by atoms with E-state index in [0.29, 0.717) is 17.4 Å². The maximum Gasteiger partial charge on any atom is 0.255 e. The molecular formula is C24H29N3O2S. The highest BCUT2D eigenvalue weighted by molar-refractivity contribution is 8.00. The smallest absolute Gasteiger partial charge is 0.255 e. The first-order chi connectivity index (χ1) is 14.5. The van der Waals surface area contributed by atoms with Crippen LogP contribution in [0.15, 0.2) is 53.4 Å². The zero-order valence-corrected chi connectivity index (χ0v) is 18.5. The minimum atomic E-state index is 0.0728. The lowest BCUT2D eigenvalue weighted by Crippen LogP contribution is -2.47. The highest BCUT2D eigenvalue weighted by atomic mass is 32.2. The largest absolute Gasteiger partial charge is 0.337 e. The molecule has 6 heteroatoms. The number of thioether (sulfide) groups is 1. The van der Waals surface area contributed by atoms with E-state index in [2.05, 4.69) is 25.1 Å². The van der Waals surface area contributed by atoms with Crippen LogP contribution in [0.5, 0.6) is 0 Å². The number of para-hydroxylation sites is 1.